The summed E-state index contributed by atoms with van der Waals surface area (Å²) in [5, 5.41) is 12.2. The molecule has 0 saturated heterocycles. The van der Waals surface area contributed by atoms with E-state index in [0.717, 1.165) is 15.6 Å². The molecule has 1 amide bonds. The second kappa shape index (κ2) is 7.65. The van der Waals surface area contributed by atoms with Gasteiger partial charge in [-0.2, -0.15) is 4.31 Å². The lowest BCUT2D eigenvalue weighted by molar-refractivity contribution is -0.140. The maximum Gasteiger partial charge on any atom is 0.321 e. The smallest absolute Gasteiger partial charge is 0.321 e. The Bertz CT molecular complexity index is 641. The minimum atomic E-state index is -3.98. The van der Waals surface area contributed by atoms with E-state index in [4.69, 9.17) is 5.11 Å². The number of nitrogens with zero attached hydrogens (tertiary/aromatic N) is 2. The van der Waals surface area contributed by atoms with Crippen molar-refractivity contribution in [2.45, 2.75) is 37.4 Å². The largest absolute Gasteiger partial charge is 0.480 e. The molecule has 8 nitrogen and oxygen atoms in total. The number of nitrogens with one attached hydrogen (secondary N) is 1. The van der Waals surface area contributed by atoms with Gasteiger partial charge in [0.05, 0.1) is 11.2 Å². The topological polar surface area (TPSA) is 117 Å². The average Bonchev–Trinajstić information content (AvgIpc) is 2.91. The second-order valence-electron chi connectivity index (χ2n) is 4.54. The first kappa shape index (κ1) is 18.5. The van der Waals surface area contributed by atoms with Crippen LogP contribution in [0, 0.1) is 0 Å². The molecule has 0 aliphatic heterocycles. The zero-order valence-electron chi connectivity index (χ0n) is 12.6. The van der Waals surface area contributed by atoms with Gasteiger partial charge in [0.15, 0.2) is 4.21 Å². The fourth-order valence-electron chi connectivity index (χ4n) is 1.68. The van der Waals surface area contributed by atoms with Crippen LogP contribution >= 0.6 is 11.3 Å². The molecule has 0 radical (unpaired) electrons. The lowest BCUT2D eigenvalue weighted by atomic mass is 10.3. The van der Waals surface area contributed by atoms with Gasteiger partial charge in [0.25, 0.3) is 10.0 Å². The van der Waals surface area contributed by atoms with E-state index in [1.807, 2.05) is 6.92 Å². The van der Waals surface area contributed by atoms with Crippen LogP contribution in [0.25, 0.3) is 0 Å². The third kappa shape index (κ3) is 4.49. The predicted octanol–water partition coefficient (Wildman–Crippen LogP) is 0.305. The maximum absolute atomic E-state index is 12.6. The summed E-state index contributed by atoms with van der Waals surface area (Å²) in [5.41, 5.74) is 0. The molecular formula is C12H19N3O5S2. The number of amides is 1. The van der Waals surface area contributed by atoms with Crippen molar-refractivity contribution in [2.24, 2.45) is 0 Å². The van der Waals surface area contributed by atoms with Gasteiger partial charge < -0.3 is 10.4 Å². The SMILES string of the molecule is CCc1ncc(S(=O)(=O)N(CCNC(C)=O)C(C)C(=O)O)s1. The second-order valence-corrected chi connectivity index (χ2v) is 7.77. The first-order valence-corrected chi connectivity index (χ1v) is 8.89. The zero-order chi connectivity index (χ0) is 16.9. The normalized spacial score (nSPS) is 13.1. The Morgan fingerprint density at radius 1 is 1.50 bits per heavy atom. The van der Waals surface area contributed by atoms with E-state index in [9.17, 15) is 18.0 Å². The van der Waals surface area contributed by atoms with Crippen molar-refractivity contribution in [3.63, 3.8) is 0 Å². The van der Waals surface area contributed by atoms with Crippen molar-refractivity contribution in [1.82, 2.24) is 14.6 Å². The Morgan fingerprint density at radius 3 is 2.59 bits per heavy atom. The quantitative estimate of drug-likeness (QED) is 0.697. The summed E-state index contributed by atoms with van der Waals surface area (Å²) < 4.78 is 26.1. The highest BCUT2D eigenvalue weighted by Gasteiger charge is 2.34. The number of hydrogen-bond donors (Lipinski definition) is 2. The first-order chi connectivity index (χ1) is 10.2. The van der Waals surface area contributed by atoms with E-state index in [-0.39, 0.29) is 23.2 Å². The number of sulfonamides is 1. The predicted molar refractivity (Wildman–Crippen MR) is 81.2 cm³/mol. The van der Waals surface area contributed by atoms with Crippen molar-refractivity contribution in [3.05, 3.63) is 11.2 Å². The summed E-state index contributed by atoms with van der Waals surface area (Å²) in [6.45, 7) is 4.34. The molecule has 10 heteroatoms. The average molecular weight is 349 g/mol. The number of hydrogen-bond acceptors (Lipinski definition) is 6. The number of carboxylic acids is 1. The highest BCUT2D eigenvalue weighted by atomic mass is 32.2. The number of thiazole rings is 1. The van der Waals surface area contributed by atoms with Gasteiger partial charge >= 0.3 is 5.97 Å². The fraction of sp³-hybridized carbons (Fsp3) is 0.583. The van der Waals surface area contributed by atoms with Gasteiger partial charge in [-0.25, -0.2) is 13.4 Å². The molecule has 0 aliphatic carbocycles. The van der Waals surface area contributed by atoms with Gasteiger partial charge in [-0.05, 0) is 13.3 Å². The van der Waals surface area contributed by atoms with Crippen molar-refractivity contribution in [1.29, 1.82) is 0 Å². The zero-order valence-corrected chi connectivity index (χ0v) is 14.2. The van der Waals surface area contributed by atoms with Gasteiger partial charge in [-0.15, -0.1) is 11.3 Å². The molecule has 22 heavy (non-hydrogen) atoms. The summed E-state index contributed by atoms with van der Waals surface area (Å²) >= 11 is 1.02. The molecule has 1 unspecified atom stereocenters. The van der Waals surface area contributed by atoms with Crippen LogP contribution in [-0.4, -0.2) is 53.8 Å². The third-order valence-electron chi connectivity index (χ3n) is 2.89. The Hall–Kier alpha value is -1.52. The Morgan fingerprint density at radius 2 is 2.14 bits per heavy atom. The molecule has 0 aromatic carbocycles. The van der Waals surface area contributed by atoms with E-state index < -0.39 is 22.0 Å². The summed E-state index contributed by atoms with van der Waals surface area (Å²) in [6.07, 6.45) is 1.83. The van der Waals surface area contributed by atoms with Crippen molar-refractivity contribution >= 4 is 33.2 Å². The molecule has 1 aromatic rings. The Balaban J connectivity index is 3.06. The molecule has 1 atom stereocenters. The summed E-state index contributed by atoms with van der Waals surface area (Å²) in [6, 6.07) is -1.24. The number of carbonyl (C=O) groups excluding carboxylic acids is 1. The van der Waals surface area contributed by atoms with E-state index in [2.05, 4.69) is 10.3 Å². The Labute approximate surface area is 133 Å². The molecule has 1 heterocycles. The monoisotopic (exact) mass is 349 g/mol. The molecule has 124 valence electrons. The van der Waals surface area contributed by atoms with Crippen LogP contribution in [0.5, 0.6) is 0 Å². The van der Waals surface area contributed by atoms with Crippen LogP contribution < -0.4 is 5.32 Å². The number of aliphatic carboxylic acids is 1. The minimum Gasteiger partial charge on any atom is -0.480 e. The van der Waals surface area contributed by atoms with Crippen molar-refractivity contribution < 1.29 is 23.1 Å². The van der Waals surface area contributed by atoms with Crippen LogP contribution in [0.15, 0.2) is 10.4 Å². The number of carbonyl (C=O) groups is 2. The number of carboxylic acid groups (broad SMARTS) is 1. The Kier molecular flexibility index (Phi) is 6.45. The molecular weight excluding hydrogens is 330 g/mol. The minimum absolute atomic E-state index is 0.000255. The molecule has 0 saturated carbocycles. The molecule has 0 bridgehead atoms. The molecule has 1 aromatic heterocycles. The fourth-order valence-corrected chi connectivity index (χ4v) is 4.52. The summed E-state index contributed by atoms with van der Waals surface area (Å²) in [5.74, 6) is -1.57. The summed E-state index contributed by atoms with van der Waals surface area (Å²) in [7, 11) is -3.98. The van der Waals surface area contributed by atoms with Crippen molar-refractivity contribution in [2.75, 3.05) is 13.1 Å². The summed E-state index contributed by atoms with van der Waals surface area (Å²) in [4.78, 5) is 26.1. The molecule has 2 N–H and O–H groups in total. The highest BCUT2D eigenvalue weighted by molar-refractivity contribution is 7.91. The van der Waals surface area contributed by atoms with Gasteiger partial charge in [-0.3, -0.25) is 9.59 Å². The van der Waals surface area contributed by atoms with Crippen LogP contribution in [0.2, 0.25) is 0 Å². The molecule has 0 aliphatic rings. The van der Waals surface area contributed by atoms with E-state index in [1.165, 1.54) is 20.0 Å². The molecule has 1 rings (SSSR count). The lowest BCUT2D eigenvalue weighted by Gasteiger charge is -2.24. The number of aryl methyl sites for hydroxylation is 1. The molecule has 0 fully saturated rings. The first-order valence-electron chi connectivity index (χ1n) is 6.64. The van der Waals surface area contributed by atoms with Gasteiger partial charge in [0, 0.05) is 20.0 Å². The lowest BCUT2D eigenvalue weighted by Crippen LogP contribution is -2.46. The van der Waals surface area contributed by atoms with Gasteiger partial charge in [-0.1, -0.05) is 6.92 Å². The van der Waals surface area contributed by atoms with Gasteiger partial charge in [0.1, 0.15) is 6.04 Å². The standard InChI is InChI=1S/C12H19N3O5S2/c1-4-10-14-7-11(21-10)22(19,20)15(8(2)12(17)18)6-5-13-9(3)16/h7-8H,4-6H2,1-3H3,(H,13,16)(H,17,18). The van der Waals surface area contributed by atoms with Crippen LogP contribution in [0.1, 0.15) is 25.8 Å². The van der Waals surface area contributed by atoms with Crippen LogP contribution in [-0.2, 0) is 26.0 Å². The third-order valence-corrected chi connectivity index (χ3v) is 6.44. The number of aromatic nitrogens is 1. The highest BCUT2D eigenvalue weighted by Crippen LogP contribution is 2.24. The van der Waals surface area contributed by atoms with Gasteiger partial charge in [0.2, 0.25) is 5.91 Å². The van der Waals surface area contributed by atoms with Crippen molar-refractivity contribution in [3.8, 4) is 0 Å². The van der Waals surface area contributed by atoms with E-state index >= 15 is 0 Å². The maximum atomic E-state index is 12.6. The van der Waals surface area contributed by atoms with Crippen LogP contribution in [0.4, 0.5) is 0 Å². The van der Waals surface area contributed by atoms with E-state index in [0.29, 0.717) is 11.4 Å². The number of rotatable bonds is 8. The van der Waals surface area contributed by atoms with Crippen LogP contribution in [0.3, 0.4) is 0 Å². The molecule has 0 spiro atoms. The van der Waals surface area contributed by atoms with E-state index in [1.54, 1.807) is 0 Å².